The first-order valence-corrected chi connectivity index (χ1v) is 7.36. The van der Waals surface area contributed by atoms with E-state index in [1.165, 1.54) is 5.56 Å². The van der Waals surface area contributed by atoms with E-state index in [-0.39, 0.29) is 0 Å². The summed E-state index contributed by atoms with van der Waals surface area (Å²) < 4.78 is 1.95. The molecule has 2 heterocycles. The van der Waals surface area contributed by atoms with Gasteiger partial charge in [0, 0.05) is 38.4 Å². The Balaban J connectivity index is 2.21. The fraction of sp³-hybridized carbons (Fsp3) is 0.500. The third-order valence-electron chi connectivity index (χ3n) is 3.49. The van der Waals surface area contributed by atoms with E-state index in [0.29, 0.717) is 6.04 Å². The number of anilines is 1. The molecule has 0 spiro atoms. The molecule has 0 aliphatic rings. The zero-order valence-electron chi connectivity index (χ0n) is 13.6. The normalized spacial score (nSPS) is 11.1. The predicted molar refractivity (Wildman–Crippen MR) is 86.3 cm³/mol. The summed E-state index contributed by atoms with van der Waals surface area (Å²) in [5.74, 6) is 1.14. The van der Waals surface area contributed by atoms with Crippen LogP contribution in [0.15, 0.2) is 24.4 Å². The van der Waals surface area contributed by atoms with Gasteiger partial charge in [0.2, 0.25) is 0 Å². The quantitative estimate of drug-likeness (QED) is 0.885. The minimum Gasteiger partial charge on any atom is -0.354 e. The lowest BCUT2D eigenvalue weighted by molar-refractivity contribution is 0.586. The summed E-state index contributed by atoms with van der Waals surface area (Å²) >= 11 is 0. The van der Waals surface area contributed by atoms with Crippen LogP contribution in [0.25, 0.3) is 0 Å². The van der Waals surface area contributed by atoms with Gasteiger partial charge in [0.05, 0.1) is 17.9 Å². The van der Waals surface area contributed by atoms with Crippen LogP contribution >= 0.6 is 0 Å². The highest BCUT2D eigenvalue weighted by atomic mass is 15.4. The first-order chi connectivity index (χ1) is 9.99. The molecule has 0 fully saturated rings. The van der Waals surface area contributed by atoms with Crippen LogP contribution in [-0.4, -0.2) is 27.9 Å². The van der Waals surface area contributed by atoms with E-state index in [1.807, 2.05) is 36.1 Å². The van der Waals surface area contributed by atoms with Gasteiger partial charge in [-0.05, 0) is 19.1 Å². The number of pyridine rings is 1. The molecule has 0 saturated heterocycles. The topological polar surface area (TPSA) is 46.0 Å². The van der Waals surface area contributed by atoms with Gasteiger partial charge < -0.3 is 10.2 Å². The fourth-order valence-electron chi connectivity index (χ4n) is 2.49. The van der Waals surface area contributed by atoms with Crippen molar-refractivity contribution in [1.82, 2.24) is 20.1 Å². The van der Waals surface area contributed by atoms with Gasteiger partial charge in [0.25, 0.3) is 0 Å². The number of aryl methyl sites for hydroxylation is 2. The monoisotopic (exact) mass is 287 g/mol. The van der Waals surface area contributed by atoms with Crippen LogP contribution < -0.4 is 10.2 Å². The largest absolute Gasteiger partial charge is 0.354 e. The summed E-state index contributed by atoms with van der Waals surface area (Å²) in [7, 11) is 4.08. The van der Waals surface area contributed by atoms with E-state index in [4.69, 9.17) is 0 Å². The lowest BCUT2D eigenvalue weighted by Gasteiger charge is -2.21. The van der Waals surface area contributed by atoms with E-state index in [0.717, 1.165) is 30.3 Å². The third-order valence-corrected chi connectivity index (χ3v) is 3.49. The number of nitrogens with zero attached hydrogens (tertiary/aromatic N) is 4. The van der Waals surface area contributed by atoms with E-state index >= 15 is 0 Å². The molecular formula is C16H25N5. The van der Waals surface area contributed by atoms with Crippen molar-refractivity contribution in [2.45, 2.75) is 39.9 Å². The SMILES string of the molecule is Cc1nn(C)c(N(C)Cc2ccccn2)c1CNC(C)C. The summed E-state index contributed by atoms with van der Waals surface area (Å²) in [6.45, 7) is 7.98. The molecule has 0 saturated carbocycles. The zero-order valence-corrected chi connectivity index (χ0v) is 13.6. The van der Waals surface area contributed by atoms with Crippen molar-refractivity contribution in [3.05, 3.63) is 41.3 Å². The Morgan fingerprint density at radius 2 is 2.10 bits per heavy atom. The maximum atomic E-state index is 4.57. The second-order valence-electron chi connectivity index (χ2n) is 5.72. The van der Waals surface area contributed by atoms with Crippen molar-refractivity contribution in [1.29, 1.82) is 0 Å². The molecule has 5 heteroatoms. The average molecular weight is 287 g/mol. The minimum atomic E-state index is 0.457. The van der Waals surface area contributed by atoms with E-state index in [1.54, 1.807) is 0 Å². The predicted octanol–water partition coefficient (Wildman–Crippen LogP) is 2.26. The molecule has 1 N–H and O–H groups in total. The fourth-order valence-corrected chi connectivity index (χ4v) is 2.49. The van der Waals surface area contributed by atoms with Crippen LogP contribution in [0.2, 0.25) is 0 Å². The Morgan fingerprint density at radius 3 is 2.71 bits per heavy atom. The van der Waals surface area contributed by atoms with E-state index < -0.39 is 0 Å². The molecule has 0 aromatic carbocycles. The Bertz CT molecular complexity index is 574. The molecule has 114 valence electrons. The average Bonchev–Trinajstić information content (AvgIpc) is 2.71. The second kappa shape index (κ2) is 6.72. The van der Waals surface area contributed by atoms with Gasteiger partial charge in [-0.25, -0.2) is 0 Å². The molecule has 2 rings (SSSR count). The highest BCUT2D eigenvalue weighted by molar-refractivity contribution is 5.49. The van der Waals surface area contributed by atoms with Crippen LogP contribution in [-0.2, 0) is 20.1 Å². The molecule has 0 unspecified atom stereocenters. The second-order valence-corrected chi connectivity index (χ2v) is 5.72. The Kier molecular flexibility index (Phi) is 4.96. The maximum absolute atomic E-state index is 4.57. The first-order valence-electron chi connectivity index (χ1n) is 7.36. The molecule has 0 atom stereocenters. The standard InChI is InChI=1S/C16H25N5/c1-12(2)18-10-15-13(3)19-21(5)16(15)20(4)11-14-8-6-7-9-17-14/h6-9,12,18H,10-11H2,1-5H3. The summed E-state index contributed by atoms with van der Waals surface area (Å²) in [5.41, 5.74) is 3.39. The van der Waals surface area contributed by atoms with Crippen LogP contribution in [0.3, 0.4) is 0 Å². The van der Waals surface area contributed by atoms with Gasteiger partial charge in [-0.15, -0.1) is 0 Å². The van der Waals surface area contributed by atoms with Gasteiger partial charge in [-0.1, -0.05) is 19.9 Å². The summed E-state index contributed by atoms with van der Waals surface area (Å²) in [6, 6.07) is 6.46. The molecule has 0 radical (unpaired) electrons. The van der Waals surface area contributed by atoms with Gasteiger partial charge in [0.15, 0.2) is 0 Å². The van der Waals surface area contributed by atoms with Gasteiger partial charge >= 0.3 is 0 Å². The molecular weight excluding hydrogens is 262 g/mol. The van der Waals surface area contributed by atoms with Crippen molar-refractivity contribution in [3.63, 3.8) is 0 Å². The molecule has 0 aliphatic carbocycles. The summed E-state index contributed by atoms with van der Waals surface area (Å²) in [4.78, 5) is 6.61. The van der Waals surface area contributed by atoms with Crippen molar-refractivity contribution in [2.24, 2.45) is 7.05 Å². The van der Waals surface area contributed by atoms with Crippen LogP contribution in [0.1, 0.15) is 30.8 Å². The van der Waals surface area contributed by atoms with E-state index in [2.05, 4.69) is 48.1 Å². The van der Waals surface area contributed by atoms with Crippen molar-refractivity contribution < 1.29 is 0 Å². The minimum absolute atomic E-state index is 0.457. The lowest BCUT2D eigenvalue weighted by Crippen LogP contribution is -2.25. The van der Waals surface area contributed by atoms with Crippen molar-refractivity contribution in [2.75, 3.05) is 11.9 Å². The lowest BCUT2D eigenvalue weighted by atomic mass is 10.2. The number of nitrogens with one attached hydrogen (secondary N) is 1. The molecule has 5 nitrogen and oxygen atoms in total. The van der Waals surface area contributed by atoms with Crippen molar-refractivity contribution in [3.8, 4) is 0 Å². The molecule has 0 bridgehead atoms. The third kappa shape index (κ3) is 3.82. The number of hydrogen-bond donors (Lipinski definition) is 1. The van der Waals surface area contributed by atoms with Gasteiger partial charge in [0.1, 0.15) is 5.82 Å². The number of aromatic nitrogens is 3. The molecule has 0 aliphatic heterocycles. The number of rotatable bonds is 6. The number of hydrogen-bond acceptors (Lipinski definition) is 4. The Morgan fingerprint density at radius 1 is 1.33 bits per heavy atom. The maximum Gasteiger partial charge on any atom is 0.131 e. The molecule has 21 heavy (non-hydrogen) atoms. The Labute approximate surface area is 127 Å². The summed E-state index contributed by atoms with van der Waals surface area (Å²) in [6.07, 6.45) is 1.83. The van der Waals surface area contributed by atoms with Crippen molar-refractivity contribution >= 4 is 5.82 Å². The van der Waals surface area contributed by atoms with Gasteiger partial charge in [-0.2, -0.15) is 5.10 Å². The zero-order chi connectivity index (χ0) is 15.4. The first kappa shape index (κ1) is 15.5. The highest BCUT2D eigenvalue weighted by Crippen LogP contribution is 2.23. The van der Waals surface area contributed by atoms with Crippen LogP contribution in [0.4, 0.5) is 5.82 Å². The van der Waals surface area contributed by atoms with Crippen LogP contribution in [0, 0.1) is 6.92 Å². The molecule has 2 aromatic rings. The molecule has 0 amide bonds. The van der Waals surface area contributed by atoms with Crippen LogP contribution in [0.5, 0.6) is 0 Å². The summed E-state index contributed by atoms with van der Waals surface area (Å²) in [5, 5.41) is 8.05. The highest BCUT2D eigenvalue weighted by Gasteiger charge is 2.17. The molecule has 2 aromatic heterocycles. The van der Waals surface area contributed by atoms with Gasteiger partial charge in [-0.3, -0.25) is 9.67 Å². The smallest absolute Gasteiger partial charge is 0.131 e. The Hall–Kier alpha value is -1.88. The van der Waals surface area contributed by atoms with E-state index in [9.17, 15) is 0 Å².